The lowest BCUT2D eigenvalue weighted by Crippen LogP contribution is -1.93. The molecule has 0 saturated carbocycles. The minimum atomic E-state index is 0. The SMILES string of the molecule is Br.c1cc[nH+]cc1. The van der Waals surface area contributed by atoms with Gasteiger partial charge in [-0.15, -0.1) is 17.0 Å². The van der Waals surface area contributed by atoms with Gasteiger partial charge in [0, 0.05) is 12.1 Å². The summed E-state index contributed by atoms with van der Waals surface area (Å²) in [7, 11) is 0. The molecule has 0 spiro atoms. The molecule has 0 fully saturated rings. The summed E-state index contributed by atoms with van der Waals surface area (Å²) in [5.74, 6) is 0. The van der Waals surface area contributed by atoms with E-state index in [0.717, 1.165) is 0 Å². The Bertz CT molecular complexity index is 80.0. The molecule has 7 heavy (non-hydrogen) atoms. The van der Waals surface area contributed by atoms with Crippen molar-refractivity contribution in [1.29, 1.82) is 0 Å². The molecule has 1 rings (SSSR count). The number of rotatable bonds is 0. The van der Waals surface area contributed by atoms with Gasteiger partial charge in [-0.1, -0.05) is 6.07 Å². The maximum atomic E-state index is 2.89. The Hall–Kier alpha value is -0.370. The average molecular weight is 161 g/mol. The van der Waals surface area contributed by atoms with Gasteiger partial charge in [0.2, 0.25) is 0 Å². The Morgan fingerprint density at radius 2 is 1.43 bits per heavy atom. The van der Waals surface area contributed by atoms with Gasteiger partial charge in [0.15, 0.2) is 12.4 Å². The van der Waals surface area contributed by atoms with E-state index in [1.165, 1.54) is 0 Å². The van der Waals surface area contributed by atoms with Crippen LogP contribution in [0.5, 0.6) is 0 Å². The molecule has 0 aromatic carbocycles. The second-order valence-corrected chi connectivity index (χ2v) is 1.08. The van der Waals surface area contributed by atoms with E-state index >= 15 is 0 Å². The third-order valence-electron chi connectivity index (χ3n) is 0.607. The van der Waals surface area contributed by atoms with Crippen LogP contribution in [0.15, 0.2) is 30.6 Å². The molecule has 0 aliphatic rings. The van der Waals surface area contributed by atoms with Gasteiger partial charge < -0.3 is 0 Å². The minimum Gasteiger partial charge on any atom is -0.218 e. The first-order valence-electron chi connectivity index (χ1n) is 1.91. The minimum absolute atomic E-state index is 0. The summed E-state index contributed by atoms with van der Waals surface area (Å²) >= 11 is 0. The Kier molecular flexibility index (Phi) is 3.61. The van der Waals surface area contributed by atoms with Crippen molar-refractivity contribution in [2.24, 2.45) is 0 Å². The van der Waals surface area contributed by atoms with Crippen molar-refractivity contribution in [3.63, 3.8) is 0 Å². The van der Waals surface area contributed by atoms with Gasteiger partial charge >= 0.3 is 0 Å². The highest BCUT2D eigenvalue weighted by atomic mass is 79.9. The highest BCUT2D eigenvalue weighted by Crippen LogP contribution is 1.68. The number of aromatic amines is 1. The Morgan fingerprint density at radius 3 is 1.57 bits per heavy atom. The zero-order valence-corrected chi connectivity index (χ0v) is 5.51. The lowest BCUT2D eigenvalue weighted by Gasteiger charge is -1.63. The summed E-state index contributed by atoms with van der Waals surface area (Å²) in [6.07, 6.45) is 3.75. The van der Waals surface area contributed by atoms with E-state index in [4.69, 9.17) is 0 Å². The third-order valence-corrected chi connectivity index (χ3v) is 0.607. The topological polar surface area (TPSA) is 14.1 Å². The maximum Gasteiger partial charge on any atom is 0.166 e. The van der Waals surface area contributed by atoms with Crippen LogP contribution in [0, 0.1) is 0 Å². The third kappa shape index (κ3) is 2.34. The molecule has 0 unspecified atom stereocenters. The standard InChI is InChI=1S/C5H5N.BrH/c1-2-4-6-5-3-1;/h1-5H;1H/p+1. The number of aromatic nitrogens is 1. The molecule has 0 aliphatic carbocycles. The highest BCUT2D eigenvalue weighted by Gasteiger charge is 1.65. The number of hydrogen-bond donors (Lipinski definition) is 0. The van der Waals surface area contributed by atoms with Crippen LogP contribution in [-0.4, -0.2) is 0 Å². The predicted octanol–water partition coefficient (Wildman–Crippen LogP) is 1.08. The molecule has 38 valence electrons. The van der Waals surface area contributed by atoms with Crippen molar-refractivity contribution in [1.82, 2.24) is 0 Å². The largest absolute Gasteiger partial charge is 0.218 e. The molecule has 1 aromatic heterocycles. The second-order valence-electron chi connectivity index (χ2n) is 1.08. The molecule has 0 aliphatic heterocycles. The predicted molar refractivity (Wildman–Crippen MR) is 33.3 cm³/mol. The normalized spacial score (nSPS) is 6.86. The van der Waals surface area contributed by atoms with Gasteiger partial charge in [-0.2, -0.15) is 0 Å². The van der Waals surface area contributed by atoms with Crippen LogP contribution in [0.25, 0.3) is 0 Å². The van der Waals surface area contributed by atoms with Gasteiger partial charge in [-0.05, 0) is 0 Å². The van der Waals surface area contributed by atoms with Crippen molar-refractivity contribution < 1.29 is 4.98 Å². The van der Waals surface area contributed by atoms with Crippen LogP contribution in [0.2, 0.25) is 0 Å². The molecule has 0 bridgehead atoms. The number of halogens is 1. The first-order chi connectivity index (χ1) is 3.00. The average Bonchev–Trinajstić information content (AvgIpc) is 1.72. The first-order valence-corrected chi connectivity index (χ1v) is 1.91. The van der Waals surface area contributed by atoms with E-state index in [-0.39, 0.29) is 17.0 Å². The van der Waals surface area contributed by atoms with E-state index in [0.29, 0.717) is 0 Å². The molecule has 1 aromatic rings. The fourth-order valence-electron chi connectivity index (χ4n) is 0.342. The quantitative estimate of drug-likeness (QED) is 0.540. The van der Waals surface area contributed by atoms with Gasteiger partial charge in [0.1, 0.15) is 0 Å². The van der Waals surface area contributed by atoms with Gasteiger partial charge in [0.05, 0.1) is 0 Å². The van der Waals surface area contributed by atoms with Crippen LogP contribution >= 0.6 is 17.0 Å². The fourth-order valence-corrected chi connectivity index (χ4v) is 0.342. The lowest BCUT2D eigenvalue weighted by molar-refractivity contribution is -0.377. The van der Waals surface area contributed by atoms with Crippen LogP contribution < -0.4 is 4.98 Å². The summed E-state index contributed by atoms with van der Waals surface area (Å²) in [6.45, 7) is 0. The Labute approximate surface area is 53.2 Å². The summed E-state index contributed by atoms with van der Waals surface area (Å²) in [6, 6.07) is 5.86. The zero-order chi connectivity index (χ0) is 4.24. The molecule has 0 radical (unpaired) electrons. The molecule has 2 heteroatoms. The summed E-state index contributed by atoms with van der Waals surface area (Å²) < 4.78 is 0. The van der Waals surface area contributed by atoms with Crippen LogP contribution in [0.4, 0.5) is 0 Å². The van der Waals surface area contributed by atoms with E-state index in [9.17, 15) is 0 Å². The van der Waals surface area contributed by atoms with Gasteiger partial charge in [-0.25, -0.2) is 4.98 Å². The number of pyridine rings is 1. The van der Waals surface area contributed by atoms with Crippen LogP contribution in [0.1, 0.15) is 0 Å². The molecular weight excluding hydrogens is 154 g/mol. The van der Waals surface area contributed by atoms with E-state index in [2.05, 4.69) is 4.98 Å². The highest BCUT2D eigenvalue weighted by molar-refractivity contribution is 8.93. The van der Waals surface area contributed by atoms with Crippen molar-refractivity contribution >= 4 is 17.0 Å². The molecule has 1 N–H and O–H groups in total. The molecule has 0 atom stereocenters. The molecule has 0 saturated heterocycles. The van der Waals surface area contributed by atoms with Crippen molar-refractivity contribution in [2.45, 2.75) is 0 Å². The smallest absolute Gasteiger partial charge is 0.166 e. The van der Waals surface area contributed by atoms with Gasteiger partial charge in [-0.3, -0.25) is 0 Å². The monoisotopic (exact) mass is 160 g/mol. The van der Waals surface area contributed by atoms with Gasteiger partial charge in [0.25, 0.3) is 0 Å². The summed E-state index contributed by atoms with van der Waals surface area (Å²) in [5, 5.41) is 0. The van der Waals surface area contributed by atoms with E-state index < -0.39 is 0 Å². The second kappa shape index (κ2) is 3.81. The first kappa shape index (κ1) is 6.63. The fraction of sp³-hybridized carbons (Fsp3) is 0. The number of hydrogen-bond acceptors (Lipinski definition) is 0. The lowest BCUT2D eigenvalue weighted by atomic mass is 10.5. The zero-order valence-electron chi connectivity index (χ0n) is 3.79. The van der Waals surface area contributed by atoms with Crippen molar-refractivity contribution in [3.8, 4) is 0 Å². The number of nitrogens with one attached hydrogen (secondary N) is 1. The summed E-state index contributed by atoms with van der Waals surface area (Å²) in [4.78, 5) is 2.89. The molecule has 0 amide bonds. The molecule has 1 heterocycles. The molecular formula is C5H7BrN+. The maximum absolute atomic E-state index is 2.89. The summed E-state index contributed by atoms with van der Waals surface area (Å²) in [5.41, 5.74) is 0. The van der Waals surface area contributed by atoms with E-state index in [1.807, 2.05) is 30.6 Å². The Balaban J connectivity index is 0.000000360. The van der Waals surface area contributed by atoms with Crippen LogP contribution in [-0.2, 0) is 0 Å². The Morgan fingerprint density at radius 1 is 0.857 bits per heavy atom. The molecule has 1 nitrogen and oxygen atoms in total. The number of H-pyrrole nitrogens is 1. The van der Waals surface area contributed by atoms with E-state index in [1.54, 1.807) is 0 Å². The van der Waals surface area contributed by atoms with Crippen molar-refractivity contribution in [3.05, 3.63) is 30.6 Å². The van der Waals surface area contributed by atoms with Crippen LogP contribution in [0.3, 0.4) is 0 Å². The van der Waals surface area contributed by atoms with Crippen molar-refractivity contribution in [2.75, 3.05) is 0 Å².